The number of allylic oxidation sites excluding steroid dienone is 6. The minimum Gasteiger partial charge on any atom is -0.481 e. The highest BCUT2D eigenvalue weighted by molar-refractivity contribution is 5.66. The molecule has 0 aliphatic rings. The van der Waals surface area contributed by atoms with E-state index >= 15 is 0 Å². The summed E-state index contributed by atoms with van der Waals surface area (Å²) in [5.41, 5.74) is 0. The Hall–Kier alpha value is -1.95. The van der Waals surface area contributed by atoms with Gasteiger partial charge in [0.2, 0.25) is 0 Å². The van der Waals surface area contributed by atoms with E-state index in [0.29, 0.717) is 6.42 Å². The highest BCUT2D eigenvalue weighted by atomic mass is 16.4. The van der Waals surface area contributed by atoms with E-state index in [0.717, 1.165) is 0 Å². The van der Waals surface area contributed by atoms with Crippen molar-refractivity contribution in [1.29, 1.82) is 0 Å². The summed E-state index contributed by atoms with van der Waals surface area (Å²) in [7, 11) is 0. The molecule has 5 heteroatoms. The first-order chi connectivity index (χ1) is 13.6. The van der Waals surface area contributed by atoms with Gasteiger partial charge in [0.25, 0.3) is 0 Å². The van der Waals surface area contributed by atoms with Crippen LogP contribution in [-0.2, 0) is 4.79 Å². The Kier molecular flexibility index (Phi) is 10.3. The van der Waals surface area contributed by atoms with Crippen LogP contribution >= 0.6 is 0 Å². The molecule has 0 unspecified atom stereocenters. The lowest BCUT2D eigenvalue weighted by Gasteiger charge is -2.02. The van der Waals surface area contributed by atoms with Gasteiger partial charge in [0, 0.05) is 6.42 Å². The monoisotopic (exact) mass is 354 g/mol. The standard InChI is InChI=1S/C20H30O5/c1-2-17(21)11-8-5-9-14-18(22)12-6-3-4-7-13-19(23)15-10-16-20(24)25/h3-9,11-13,17-19,21-23H,2,10,14-16H2,1H3,(H,24,25)/b4-3+,9-5-,11-8+,12-6+,13-7-/t17-,18+,19-/m1/s1/i5D,7D,9D,13D. The van der Waals surface area contributed by atoms with Crippen molar-refractivity contribution < 1.29 is 30.7 Å². The Labute approximate surface area is 155 Å². The van der Waals surface area contributed by atoms with Crippen LogP contribution in [0.2, 0.25) is 0 Å². The fourth-order valence-electron chi connectivity index (χ4n) is 1.54. The molecular formula is C20H30O5. The number of aliphatic hydroxyl groups excluding tert-OH is 3. The average Bonchev–Trinajstić information content (AvgIpc) is 2.67. The molecule has 0 aromatic carbocycles. The summed E-state index contributed by atoms with van der Waals surface area (Å²) < 4.78 is 30.9. The molecule has 0 aromatic heterocycles. The highest BCUT2D eigenvalue weighted by Crippen LogP contribution is 2.02. The van der Waals surface area contributed by atoms with Gasteiger partial charge in [-0.25, -0.2) is 0 Å². The highest BCUT2D eigenvalue weighted by Gasteiger charge is 2.01. The van der Waals surface area contributed by atoms with Gasteiger partial charge in [0.15, 0.2) is 0 Å². The molecule has 0 bridgehead atoms. The van der Waals surface area contributed by atoms with Crippen LogP contribution in [0.5, 0.6) is 0 Å². The predicted molar refractivity (Wildman–Crippen MR) is 100 cm³/mol. The van der Waals surface area contributed by atoms with Gasteiger partial charge < -0.3 is 20.4 Å². The molecule has 0 aromatic rings. The zero-order chi connectivity index (χ0) is 22.4. The lowest BCUT2D eigenvalue weighted by molar-refractivity contribution is -0.137. The summed E-state index contributed by atoms with van der Waals surface area (Å²) >= 11 is 0. The van der Waals surface area contributed by atoms with E-state index in [1.54, 1.807) is 6.92 Å². The van der Waals surface area contributed by atoms with Crippen LogP contribution in [0.1, 0.15) is 44.5 Å². The van der Waals surface area contributed by atoms with Crippen molar-refractivity contribution in [2.45, 2.75) is 57.3 Å². The second-order valence-electron chi connectivity index (χ2n) is 5.26. The molecule has 0 heterocycles. The van der Waals surface area contributed by atoms with Gasteiger partial charge in [-0.15, -0.1) is 0 Å². The summed E-state index contributed by atoms with van der Waals surface area (Å²) in [6, 6.07) is -0.754. The smallest absolute Gasteiger partial charge is 0.303 e. The maximum Gasteiger partial charge on any atom is 0.303 e. The van der Waals surface area contributed by atoms with Gasteiger partial charge in [-0.05, 0) is 25.7 Å². The Bertz CT molecular complexity index is 668. The molecule has 0 aliphatic carbocycles. The van der Waals surface area contributed by atoms with E-state index < -0.39 is 24.3 Å². The molecule has 25 heavy (non-hydrogen) atoms. The molecule has 0 fully saturated rings. The second-order valence-corrected chi connectivity index (χ2v) is 5.26. The van der Waals surface area contributed by atoms with E-state index in [9.17, 15) is 20.1 Å². The summed E-state index contributed by atoms with van der Waals surface area (Å²) in [6.45, 7) is 1.79. The van der Waals surface area contributed by atoms with Crippen LogP contribution in [0.4, 0.5) is 0 Å². The molecule has 140 valence electrons. The van der Waals surface area contributed by atoms with E-state index in [1.165, 1.54) is 36.5 Å². The predicted octanol–water partition coefficient (Wildman–Crippen LogP) is 2.91. The SMILES string of the molecule is [2H]C(/C=C/[C@H](O)CC)=C(\[2H])C[C@@H](O)/C=C/C=C/C([2H])=C(/[2H])[C@@H](O)CCCC(=O)O. The maximum absolute atomic E-state index is 10.4. The number of hydrogen-bond donors (Lipinski definition) is 4. The van der Waals surface area contributed by atoms with Crippen LogP contribution in [0.25, 0.3) is 0 Å². The number of aliphatic carboxylic acids is 1. The first-order valence-corrected chi connectivity index (χ1v) is 8.21. The average molecular weight is 354 g/mol. The molecule has 5 nitrogen and oxygen atoms in total. The first kappa shape index (κ1) is 16.5. The first-order valence-electron chi connectivity index (χ1n) is 10.2. The molecule has 0 amide bonds. The third kappa shape index (κ3) is 16.7. The van der Waals surface area contributed by atoms with Crippen LogP contribution in [0.3, 0.4) is 0 Å². The van der Waals surface area contributed by atoms with Crippen molar-refractivity contribution in [3.05, 3.63) is 60.7 Å². The lowest BCUT2D eigenvalue weighted by Crippen LogP contribution is -2.03. The fourth-order valence-corrected chi connectivity index (χ4v) is 1.54. The third-order valence-corrected chi connectivity index (χ3v) is 2.98. The van der Waals surface area contributed by atoms with E-state index in [1.807, 2.05) is 0 Å². The number of carbonyl (C=O) groups is 1. The Morgan fingerprint density at radius 3 is 2.40 bits per heavy atom. The number of carboxylic acids is 1. The number of aliphatic hydroxyl groups is 3. The summed E-state index contributed by atoms with van der Waals surface area (Å²) in [4.78, 5) is 10.4. The van der Waals surface area contributed by atoms with Gasteiger partial charge in [0.1, 0.15) is 0 Å². The Morgan fingerprint density at radius 2 is 1.72 bits per heavy atom. The van der Waals surface area contributed by atoms with E-state index in [4.69, 9.17) is 10.6 Å². The van der Waals surface area contributed by atoms with Crippen molar-refractivity contribution in [3.8, 4) is 0 Å². The number of carboxylic acid groups (broad SMARTS) is 1. The van der Waals surface area contributed by atoms with Crippen molar-refractivity contribution in [2.24, 2.45) is 0 Å². The molecule has 0 saturated carbocycles. The topological polar surface area (TPSA) is 98.0 Å². The molecule has 3 atom stereocenters. The quantitative estimate of drug-likeness (QED) is 0.381. The minimum atomic E-state index is -1.22. The minimum absolute atomic E-state index is 0.0771. The Balaban J connectivity index is 4.69. The summed E-state index contributed by atoms with van der Waals surface area (Å²) in [5, 5.41) is 37.6. The van der Waals surface area contributed by atoms with Crippen molar-refractivity contribution in [3.63, 3.8) is 0 Å². The van der Waals surface area contributed by atoms with Gasteiger partial charge >= 0.3 is 5.97 Å². The number of rotatable bonds is 13. The van der Waals surface area contributed by atoms with Crippen LogP contribution in [-0.4, -0.2) is 44.7 Å². The van der Waals surface area contributed by atoms with E-state index in [-0.39, 0.29) is 49.9 Å². The lowest BCUT2D eigenvalue weighted by atomic mass is 10.1. The molecule has 0 saturated heterocycles. The third-order valence-electron chi connectivity index (χ3n) is 2.98. The van der Waals surface area contributed by atoms with Crippen LogP contribution in [0.15, 0.2) is 60.7 Å². The molecule has 4 N–H and O–H groups in total. The van der Waals surface area contributed by atoms with Crippen molar-refractivity contribution in [2.75, 3.05) is 0 Å². The largest absolute Gasteiger partial charge is 0.481 e. The summed E-state index contributed by atoms with van der Waals surface area (Å²) in [5.74, 6) is -0.986. The van der Waals surface area contributed by atoms with Crippen LogP contribution < -0.4 is 0 Å². The van der Waals surface area contributed by atoms with Gasteiger partial charge in [-0.3, -0.25) is 4.79 Å². The Morgan fingerprint density at radius 1 is 1.00 bits per heavy atom. The van der Waals surface area contributed by atoms with Crippen LogP contribution in [0, 0.1) is 0 Å². The molecule has 0 spiro atoms. The second kappa shape index (κ2) is 15.6. The van der Waals surface area contributed by atoms with Crippen molar-refractivity contribution in [1.82, 2.24) is 0 Å². The molecule has 0 rings (SSSR count). The molecule has 0 aliphatic heterocycles. The molecular weight excluding hydrogens is 320 g/mol. The fraction of sp³-hybridized carbons (Fsp3) is 0.450. The maximum atomic E-state index is 10.4. The van der Waals surface area contributed by atoms with Gasteiger partial charge in [-0.1, -0.05) is 67.6 Å². The van der Waals surface area contributed by atoms with E-state index in [2.05, 4.69) is 0 Å². The van der Waals surface area contributed by atoms with Gasteiger partial charge in [-0.2, -0.15) is 0 Å². The normalized spacial score (nSPS) is 20.5. The van der Waals surface area contributed by atoms with Gasteiger partial charge in [0.05, 0.1) is 23.8 Å². The zero-order valence-corrected chi connectivity index (χ0v) is 14.4. The zero-order valence-electron chi connectivity index (χ0n) is 18.4. The molecule has 0 radical (unpaired) electrons. The number of hydrogen-bond acceptors (Lipinski definition) is 4. The summed E-state index contributed by atoms with van der Waals surface area (Å²) in [6.07, 6.45) is 5.84. The van der Waals surface area contributed by atoms with Crippen molar-refractivity contribution >= 4 is 5.97 Å².